The smallest absolute Gasteiger partial charge is 0.322 e. The maximum absolute atomic E-state index is 12.7. The molecule has 3 aliphatic heterocycles. The minimum absolute atomic E-state index is 0.0663. The number of carbonyl (C=O) groups is 1. The van der Waals surface area contributed by atoms with Gasteiger partial charge in [0, 0.05) is 30.5 Å². The minimum Gasteiger partial charge on any atom is -0.465 e. The van der Waals surface area contributed by atoms with Crippen LogP contribution in [0.5, 0.6) is 0 Å². The largest absolute Gasteiger partial charge is 0.465 e. The summed E-state index contributed by atoms with van der Waals surface area (Å²) in [7, 11) is 2.29. The molecule has 4 atom stereocenters. The standard InChI is InChI=1S/C20H28N2O2/c1-4-24-19(23)20(2)13-22(18-8-6-5-7-17(18)20)16-11-14-9-10-15(12-16)21(14)3/h5-8,14-16H,4,9-13H2,1-3H3/p+1. The molecule has 0 amide bonds. The Balaban J connectivity index is 1.65. The highest BCUT2D eigenvalue weighted by Crippen LogP contribution is 2.38. The van der Waals surface area contributed by atoms with Crippen molar-refractivity contribution in [2.24, 2.45) is 0 Å². The number of carbonyl (C=O) groups excluding carboxylic acids is 1. The molecule has 4 heteroatoms. The van der Waals surface area contributed by atoms with Crippen LogP contribution in [0.2, 0.25) is 0 Å². The van der Waals surface area contributed by atoms with Crippen LogP contribution in [-0.4, -0.2) is 49.2 Å². The van der Waals surface area contributed by atoms with E-state index in [1.165, 1.54) is 41.8 Å². The van der Waals surface area contributed by atoms with Gasteiger partial charge in [0.05, 0.1) is 12.6 Å². The zero-order valence-corrected chi connectivity index (χ0v) is 15.0. The summed E-state index contributed by atoms with van der Waals surface area (Å²) in [6.07, 6.45) is 5.16. The first-order valence-electron chi connectivity index (χ1n) is 9.39. The summed E-state index contributed by atoms with van der Waals surface area (Å²) in [5.74, 6) is -0.0663. The Morgan fingerprint density at radius 1 is 1.29 bits per heavy atom. The van der Waals surface area contributed by atoms with Gasteiger partial charge in [0.1, 0.15) is 17.6 Å². The molecule has 2 bridgehead atoms. The van der Waals surface area contributed by atoms with Gasteiger partial charge in [-0.3, -0.25) is 14.6 Å². The number of hydrogen-bond acceptors (Lipinski definition) is 3. The Labute approximate surface area is 144 Å². The van der Waals surface area contributed by atoms with Crippen LogP contribution in [-0.2, 0) is 14.9 Å². The van der Waals surface area contributed by atoms with E-state index in [0.717, 1.165) is 18.6 Å². The summed E-state index contributed by atoms with van der Waals surface area (Å²) in [6, 6.07) is 10.6. The summed E-state index contributed by atoms with van der Waals surface area (Å²) in [6.45, 7) is 5.24. The lowest BCUT2D eigenvalue weighted by Crippen LogP contribution is -3.11. The number of benzene rings is 1. The molecular weight excluding hydrogens is 300 g/mol. The molecule has 4 nitrogen and oxygen atoms in total. The molecule has 3 heterocycles. The SMILES string of the molecule is CCOC(=O)C1(C)C[NH+](C2CC3CCC(C2)N3C)c2ccccc21. The molecular formula is C20H29N2O2+. The van der Waals surface area contributed by atoms with Crippen LogP contribution in [0.4, 0.5) is 5.69 Å². The molecule has 1 N–H and O–H groups in total. The number of esters is 1. The number of fused-ring (bicyclic) bond motifs is 3. The molecule has 0 radical (unpaired) electrons. The van der Waals surface area contributed by atoms with Crippen molar-refractivity contribution in [2.45, 2.75) is 63.1 Å². The second-order valence-electron chi connectivity index (χ2n) is 8.02. The number of nitrogens with one attached hydrogen (secondary N) is 1. The van der Waals surface area contributed by atoms with E-state index in [1.807, 2.05) is 6.92 Å². The highest BCUT2D eigenvalue weighted by Gasteiger charge is 2.53. The van der Waals surface area contributed by atoms with E-state index in [1.54, 1.807) is 0 Å². The quantitative estimate of drug-likeness (QED) is 0.857. The Kier molecular flexibility index (Phi) is 3.92. The van der Waals surface area contributed by atoms with Gasteiger partial charge in [0.2, 0.25) is 0 Å². The van der Waals surface area contributed by atoms with Crippen molar-refractivity contribution >= 4 is 11.7 Å². The third-order valence-corrected chi connectivity index (χ3v) is 6.73. The van der Waals surface area contributed by atoms with Crippen molar-refractivity contribution < 1.29 is 14.4 Å². The van der Waals surface area contributed by atoms with Gasteiger partial charge in [0.25, 0.3) is 0 Å². The molecule has 2 fully saturated rings. The molecule has 0 aliphatic carbocycles. The zero-order chi connectivity index (χ0) is 16.9. The number of nitrogens with zero attached hydrogens (tertiary/aromatic N) is 1. The van der Waals surface area contributed by atoms with Crippen LogP contribution in [0.25, 0.3) is 0 Å². The lowest BCUT2D eigenvalue weighted by atomic mass is 9.84. The average molecular weight is 329 g/mol. The molecule has 4 unspecified atom stereocenters. The number of para-hydroxylation sites is 1. The summed E-state index contributed by atoms with van der Waals surface area (Å²) < 4.78 is 5.43. The van der Waals surface area contributed by atoms with Crippen molar-refractivity contribution in [3.63, 3.8) is 0 Å². The fraction of sp³-hybridized carbons (Fsp3) is 0.650. The summed E-state index contributed by atoms with van der Waals surface area (Å²) in [5, 5.41) is 0. The molecule has 0 spiro atoms. The molecule has 3 aliphatic rings. The van der Waals surface area contributed by atoms with Gasteiger partial charge in [0.15, 0.2) is 0 Å². The average Bonchev–Trinajstić information content (AvgIpc) is 2.98. The lowest BCUT2D eigenvalue weighted by molar-refractivity contribution is -0.859. The summed E-state index contributed by atoms with van der Waals surface area (Å²) in [4.78, 5) is 16.8. The van der Waals surface area contributed by atoms with Gasteiger partial charge in [-0.15, -0.1) is 0 Å². The third kappa shape index (κ3) is 2.31. The molecule has 4 rings (SSSR count). The van der Waals surface area contributed by atoms with Crippen LogP contribution in [0.1, 0.15) is 45.1 Å². The van der Waals surface area contributed by atoms with Crippen molar-refractivity contribution in [3.8, 4) is 0 Å². The van der Waals surface area contributed by atoms with E-state index in [4.69, 9.17) is 4.74 Å². The summed E-state index contributed by atoms with van der Waals surface area (Å²) in [5.41, 5.74) is 1.98. The highest BCUT2D eigenvalue weighted by molar-refractivity contribution is 5.85. The maximum Gasteiger partial charge on any atom is 0.322 e. The first-order valence-corrected chi connectivity index (χ1v) is 9.39. The first-order chi connectivity index (χ1) is 11.5. The van der Waals surface area contributed by atoms with Crippen molar-refractivity contribution in [3.05, 3.63) is 29.8 Å². The molecule has 1 aromatic rings. The van der Waals surface area contributed by atoms with Gasteiger partial charge in [-0.05, 0) is 39.8 Å². The van der Waals surface area contributed by atoms with Crippen molar-refractivity contribution in [1.29, 1.82) is 0 Å². The van der Waals surface area contributed by atoms with E-state index in [9.17, 15) is 4.79 Å². The maximum atomic E-state index is 12.7. The van der Waals surface area contributed by atoms with Crippen LogP contribution < -0.4 is 4.90 Å². The number of ether oxygens (including phenoxy) is 1. The zero-order valence-electron chi connectivity index (χ0n) is 15.0. The Hall–Kier alpha value is -1.39. The molecule has 0 saturated carbocycles. The van der Waals surface area contributed by atoms with Crippen molar-refractivity contribution in [1.82, 2.24) is 4.90 Å². The van der Waals surface area contributed by atoms with Gasteiger partial charge >= 0.3 is 5.97 Å². The Morgan fingerprint density at radius 2 is 1.96 bits per heavy atom. The molecule has 24 heavy (non-hydrogen) atoms. The minimum atomic E-state index is -0.510. The van der Waals surface area contributed by atoms with E-state index in [2.05, 4.69) is 43.1 Å². The van der Waals surface area contributed by atoms with E-state index >= 15 is 0 Å². The number of quaternary nitrogens is 1. The number of rotatable bonds is 3. The first kappa shape index (κ1) is 16.1. The molecule has 2 saturated heterocycles. The van der Waals surface area contributed by atoms with Crippen LogP contribution in [0, 0.1) is 0 Å². The fourth-order valence-electron chi connectivity index (χ4n) is 5.35. The normalized spacial score (nSPS) is 38.1. The summed E-state index contributed by atoms with van der Waals surface area (Å²) >= 11 is 0. The van der Waals surface area contributed by atoms with Gasteiger partial charge < -0.3 is 4.74 Å². The van der Waals surface area contributed by atoms with Crippen LogP contribution in [0.3, 0.4) is 0 Å². The lowest BCUT2D eigenvalue weighted by Gasteiger charge is -2.38. The predicted molar refractivity (Wildman–Crippen MR) is 93.5 cm³/mol. The monoisotopic (exact) mass is 329 g/mol. The third-order valence-electron chi connectivity index (χ3n) is 6.73. The van der Waals surface area contributed by atoms with Gasteiger partial charge in [-0.25, -0.2) is 0 Å². The number of piperidine rings is 1. The van der Waals surface area contributed by atoms with Gasteiger partial charge in [-0.1, -0.05) is 18.2 Å². The Bertz CT molecular complexity index is 632. The Morgan fingerprint density at radius 3 is 2.62 bits per heavy atom. The molecule has 1 aromatic carbocycles. The van der Waals surface area contributed by atoms with E-state index in [-0.39, 0.29) is 5.97 Å². The van der Waals surface area contributed by atoms with Crippen molar-refractivity contribution in [2.75, 3.05) is 20.2 Å². The van der Waals surface area contributed by atoms with Gasteiger partial charge in [-0.2, -0.15) is 0 Å². The second-order valence-corrected chi connectivity index (χ2v) is 8.02. The number of hydrogen-bond donors (Lipinski definition) is 1. The highest BCUT2D eigenvalue weighted by atomic mass is 16.5. The second kappa shape index (κ2) is 5.85. The molecule has 130 valence electrons. The topological polar surface area (TPSA) is 34.0 Å². The predicted octanol–water partition coefficient (Wildman–Crippen LogP) is 1.66. The van der Waals surface area contributed by atoms with Crippen LogP contribution >= 0.6 is 0 Å². The van der Waals surface area contributed by atoms with E-state index < -0.39 is 5.41 Å². The van der Waals surface area contributed by atoms with Crippen LogP contribution in [0.15, 0.2) is 24.3 Å². The fourth-order valence-corrected chi connectivity index (χ4v) is 5.35. The van der Waals surface area contributed by atoms with E-state index in [0.29, 0.717) is 12.6 Å². The molecule has 0 aromatic heterocycles.